The van der Waals surface area contributed by atoms with Gasteiger partial charge in [0.2, 0.25) is 5.91 Å². The van der Waals surface area contributed by atoms with Crippen molar-refractivity contribution >= 4 is 15.7 Å². The van der Waals surface area contributed by atoms with E-state index in [1.165, 1.54) is 19.1 Å². The van der Waals surface area contributed by atoms with Gasteiger partial charge in [0.1, 0.15) is 5.82 Å². The van der Waals surface area contributed by atoms with Crippen molar-refractivity contribution in [3.8, 4) is 0 Å². The Morgan fingerprint density at radius 2 is 2.09 bits per heavy atom. The summed E-state index contributed by atoms with van der Waals surface area (Å²) in [5.41, 5.74) is 0. The molecular formula is C15H21FN2O3S. The van der Waals surface area contributed by atoms with Gasteiger partial charge in [-0.25, -0.2) is 12.8 Å². The van der Waals surface area contributed by atoms with Gasteiger partial charge in [-0.15, -0.1) is 0 Å². The number of hydrogen-bond donors (Lipinski definition) is 2. The van der Waals surface area contributed by atoms with Crippen molar-refractivity contribution in [1.82, 2.24) is 10.6 Å². The summed E-state index contributed by atoms with van der Waals surface area (Å²) in [6.07, 6.45) is 1.79. The minimum absolute atomic E-state index is 0.0357. The maximum atomic E-state index is 12.9. The maximum Gasteiger partial charge on any atom is 0.221 e. The molecule has 1 saturated heterocycles. The molecule has 2 unspecified atom stereocenters. The Morgan fingerprint density at radius 3 is 2.68 bits per heavy atom. The van der Waals surface area contributed by atoms with Gasteiger partial charge < -0.3 is 10.6 Å². The summed E-state index contributed by atoms with van der Waals surface area (Å²) in [7, 11) is -3.63. The molecule has 2 N–H and O–H groups in total. The van der Waals surface area contributed by atoms with Gasteiger partial charge in [0.25, 0.3) is 0 Å². The monoisotopic (exact) mass is 328 g/mol. The van der Waals surface area contributed by atoms with Gasteiger partial charge in [-0.05, 0) is 50.6 Å². The highest BCUT2D eigenvalue weighted by Crippen LogP contribution is 2.18. The molecule has 1 aromatic rings. The first-order valence-electron chi connectivity index (χ1n) is 7.39. The second-order valence-corrected chi connectivity index (χ2v) is 7.99. The van der Waals surface area contributed by atoms with E-state index < -0.39 is 20.9 Å². The molecule has 1 amide bonds. The van der Waals surface area contributed by atoms with Crippen LogP contribution in [0.25, 0.3) is 0 Å². The van der Waals surface area contributed by atoms with E-state index in [0.29, 0.717) is 6.54 Å². The second-order valence-electron chi connectivity index (χ2n) is 5.62. The minimum Gasteiger partial charge on any atom is -0.352 e. The molecule has 7 heteroatoms. The third-order valence-electron chi connectivity index (χ3n) is 3.81. The summed E-state index contributed by atoms with van der Waals surface area (Å²) in [4.78, 5) is 12.0. The first kappa shape index (κ1) is 16.9. The zero-order chi connectivity index (χ0) is 16.2. The van der Waals surface area contributed by atoms with Gasteiger partial charge in [-0.3, -0.25) is 4.79 Å². The van der Waals surface area contributed by atoms with Crippen LogP contribution in [0.4, 0.5) is 4.39 Å². The van der Waals surface area contributed by atoms with E-state index in [9.17, 15) is 17.6 Å². The standard InChI is InChI=1S/C15H21FN2O3S/c1-11(9-15(19)18-13-3-2-8-17-10-13)22(20,21)14-6-4-12(16)5-7-14/h4-7,11,13,17H,2-3,8-10H2,1H3,(H,18,19). The predicted octanol–water partition coefficient (Wildman–Crippen LogP) is 1.25. The number of halogens is 1. The lowest BCUT2D eigenvalue weighted by Gasteiger charge is -2.24. The molecule has 0 radical (unpaired) electrons. The fourth-order valence-corrected chi connectivity index (χ4v) is 3.84. The fraction of sp³-hybridized carbons (Fsp3) is 0.533. The van der Waals surface area contributed by atoms with Gasteiger partial charge in [-0.1, -0.05) is 0 Å². The molecule has 1 heterocycles. The van der Waals surface area contributed by atoms with Gasteiger partial charge in [-0.2, -0.15) is 0 Å². The number of amides is 1. The number of hydrogen-bond acceptors (Lipinski definition) is 4. The van der Waals surface area contributed by atoms with E-state index in [4.69, 9.17) is 0 Å². The molecule has 2 rings (SSSR count). The summed E-state index contributed by atoms with van der Waals surface area (Å²) in [6, 6.07) is 4.72. The SMILES string of the molecule is CC(CC(=O)NC1CCCNC1)S(=O)(=O)c1ccc(F)cc1. The molecule has 1 fully saturated rings. The predicted molar refractivity (Wildman–Crippen MR) is 81.7 cm³/mol. The molecule has 0 spiro atoms. The number of carbonyl (C=O) groups excluding carboxylic acids is 1. The average Bonchev–Trinajstić information content (AvgIpc) is 2.48. The zero-order valence-corrected chi connectivity index (χ0v) is 13.3. The van der Waals surface area contributed by atoms with Crippen molar-refractivity contribution < 1.29 is 17.6 Å². The molecule has 1 aliphatic heterocycles. The highest BCUT2D eigenvalue weighted by atomic mass is 32.2. The van der Waals surface area contributed by atoms with Crippen LogP contribution in [0.1, 0.15) is 26.2 Å². The fourth-order valence-electron chi connectivity index (χ4n) is 2.49. The lowest BCUT2D eigenvalue weighted by molar-refractivity contribution is -0.121. The molecule has 5 nitrogen and oxygen atoms in total. The summed E-state index contributed by atoms with van der Waals surface area (Å²) < 4.78 is 37.6. The van der Waals surface area contributed by atoms with E-state index in [2.05, 4.69) is 10.6 Å². The largest absolute Gasteiger partial charge is 0.352 e. The topological polar surface area (TPSA) is 75.3 Å². The summed E-state index contributed by atoms with van der Waals surface area (Å²) in [5.74, 6) is -0.763. The van der Waals surface area contributed by atoms with Crippen LogP contribution in [0.3, 0.4) is 0 Å². The Morgan fingerprint density at radius 1 is 1.41 bits per heavy atom. The summed E-state index contributed by atoms with van der Waals surface area (Å²) in [5, 5.41) is 5.19. The third kappa shape index (κ3) is 4.27. The van der Waals surface area contributed by atoms with Crippen LogP contribution >= 0.6 is 0 Å². The Hall–Kier alpha value is -1.47. The maximum absolute atomic E-state index is 12.9. The lowest BCUT2D eigenvalue weighted by atomic mass is 10.1. The van der Waals surface area contributed by atoms with Crippen molar-refractivity contribution in [3.63, 3.8) is 0 Å². The van der Waals surface area contributed by atoms with Gasteiger partial charge >= 0.3 is 0 Å². The number of sulfone groups is 1. The number of nitrogens with one attached hydrogen (secondary N) is 2. The van der Waals surface area contributed by atoms with Crippen LogP contribution < -0.4 is 10.6 Å². The van der Waals surface area contributed by atoms with Crippen LogP contribution in [-0.2, 0) is 14.6 Å². The molecule has 2 atom stereocenters. The quantitative estimate of drug-likeness (QED) is 0.798. The first-order valence-corrected chi connectivity index (χ1v) is 8.94. The smallest absolute Gasteiger partial charge is 0.221 e. The molecular weight excluding hydrogens is 307 g/mol. The number of rotatable bonds is 5. The van der Waals surface area contributed by atoms with E-state index >= 15 is 0 Å². The Balaban J connectivity index is 1.96. The Labute approximate surface area is 130 Å². The van der Waals surface area contributed by atoms with Crippen LogP contribution in [0.2, 0.25) is 0 Å². The van der Waals surface area contributed by atoms with Gasteiger partial charge in [0, 0.05) is 19.0 Å². The molecule has 0 aromatic heterocycles. The van der Waals surface area contributed by atoms with E-state index in [1.54, 1.807) is 0 Å². The normalized spacial score (nSPS) is 20.4. The van der Waals surface area contributed by atoms with Crippen molar-refractivity contribution in [2.75, 3.05) is 13.1 Å². The van der Waals surface area contributed by atoms with Crippen LogP contribution in [0.15, 0.2) is 29.2 Å². The molecule has 0 aliphatic carbocycles. The Bertz CT molecular complexity index is 610. The van der Waals surface area contributed by atoms with Crippen molar-refractivity contribution in [2.45, 2.75) is 42.4 Å². The minimum atomic E-state index is -3.63. The molecule has 22 heavy (non-hydrogen) atoms. The molecule has 122 valence electrons. The average molecular weight is 328 g/mol. The van der Waals surface area contributed by atoms with Crippen molar-refractivity contribution in [1.29, 1.82) is 0 Å². The number of piperidine rings is 1. The van der Waals surface area contributed by atoms with E-state index in [-0.39, 0.29) is 23.3 Å². The van der Waals surface area contributed by atoms with Gasteiger partial charge in [0.05, 0.1) is 10.1 Å². The first-order chi connectivity index (χ1) is 10.4. The van der Waals surface area contributed by atoms with Crippen molar-refractivity contribution in [3.05, 3.63) is 30.1 Å². The lowest BCUT2D eigenvalue weighted by Crippen LogP contribution is -2.46. The van der Waals surface area contributed by atoms with Crippen LogP contribution in [-0.4, -0.2) is 38.7 Å². The third-order valence-corrected chi connectivity index (χ3v) is 5.96. The highest BCUT2D eigenvalue weighted by Gasteiger charge is 2.26. The van der Waals surface area contributed by atoms with Crippen LogP contribution in [0.5, 0.6) is 0 Å². The number of carbonyl (C=O) groups is 1. The second kappa shape index (κ2) is 7.19. The molecule has 0 saturated carbocycles. The van der Waals surface area contributed by atoms with Crippen LogP contribution in [0, 0.1) is 5.82 Å². The summed E-state index contributed by atoms with van der Waals surface area (Å²) in [6.45, 7) is 3.16. The Kier molecular flexibility index (Phi) is 5.52. The molecule has 1 aromatic carbocycles. The highest BCUT2D eigenvalue weighted by molar-refractivity contribution is 7.92. The zero-order valence-electron chi connectivity index (χ0n) is 12.5. The van der Waals surface area contributed by atoms with E-state index in [1.807, 2.05) is 0 Å². The van der Waals surface area contributed by atoms with E-state index in [0.717, 1.165) is 31.5 Å². The van der Waals surface area contributed by atoms with Crippen molar-refractivity contribution in [2.24, 2.45) is 0 Å². The summed E-state index contributed by atoms with van der Waals surface area (Å²) >= 11 is 0. The molecule has 1 aliphatic rings. The van der Waals surface area contributed by atoms with Gasteiger partial charge in [0.15, 0.2) is 9.84 Å². The molecule has 0 bridgehead atoms. The number of benzene rings is 1.